The average molecular weight is 599 g/mol. The van der Waals surface area contributed by atoms with Crippen molar-refractivity contribution in [1.82, 2.24) is 9.47 Å². The Hall–Kier alpha value is -3.68. The summed E-state index contributed by atoms with van der Waals surface area (Å²) in [5.41, 5.74) is -2.32. The zero-order valence-electron chi connectivity index (χ0n) is 24.3. The number of nitrogens with zero attached hydrogens (tertiary/aromatic N) is 3. The van der Waals surface area contributed by atoms with Crippen LogP contribution in [0.15, 0.2) is 24.4 Å². The summed E-state index contributed by atoms with van der Waals surface area (Å²) in [5.74, 6) is -4.53. The third-order valence-corrected chi connectivity index (χ3v) is 6.98. The van der Waals surface area contributed by atoms with E-state index < -0.39 is 75.0 Å². The smallest absolute Gasteiger partial charge is 0.410 e. The van der Waals surface area contributed by atoms with Crippen LogP contribution in [0.2, 0.25) is 0 Å². The molecular weight excluding hydrogens is 562 g/mol. The molecule has 1 aromatic carbocycles. The molecule has 0 spiro atoms. The first-order valence-corrected chi connectivity index (χ1v) is 14.0. The van der Waals surface area contributed by atoms with Gasteiger partial charge in [0.1, 0.15) is 28.4 Å². The minimum atomic E-state index is -3.57. The Morgan fingerprint density at radius 2 is 1.63 bits per heavy atom. The summed E-state index contributed by atoms with van der Waals surface area (Å²) in [6.07, 6.45) is 0.325. The number of carbonyl (C=O) groups excluding carboxylic acids is 3. The average Bonchev–Trinajstić information content (AvgIpc) is 3.36. The van der Waals surface area contributed by atoms with Crippen molar-refractivity contribution in [2.45, 2.75) is 65.7 Å². The van der Waals surface area contributed by atoms with E-state index in [0.29, 0.717) is 4.31 Å². The number of amides is 2. The van der Waals surface area contributed by atoms with E-state index in [1.807, 2.05) is 0 Å². The Morgan fingerprint density at radius 3 is 2.17 bits per heavy atom. The van der Waals surface area contributed by atoms with Crippen LogP contribution in [0.25, 0.3) is 0 Å². The third-order valence-electron chi connectivity index (χ3n) is 6.12. The van der Waals surface area contributed by atoms with Crippen molar-refractivity contribution >= 4 is 40.2 Å². The number of nitrogens with one attached hydrogen (secondary N) is 1. The fraction of sp³-hybridized carbons (Fsp3) is 0.519. The molecule has 14 heteroatoms. The highest BCUT2D eigenvalue weighted by atomic mass is 32.2. The molecule has 2 amide bonds. The molecule has 0 bridgehead atoms. The summed E-state index contributed by atoms with van der Waals surface area (Å²) in [4.78, 5) is 40.2. The van der Waals surface area contributed by atoms with Crippen LogP contribution in [0.5, 0.6) is 0 Å². The number of anilines is 2. The van der Waals surface area contributed by atoms with E-state index in [-0.39, 0.29) is 24.3 Å². The second-order valence-corrected chi connectivity index (χ2v) is 12.8. The molecule has 0 saturated carbocycles. The first-order chi connectivity index (χ1) is 18.8. The van der Waals surface area contributed by atoms with Crippen molar-refractivity contribution in [2.24, 2.45) is 13.0 Å². The third kappa shape index (κ3) is 7.54. The highest BCUT2D eigenvalue weighted by molar-refractivity contribution is 7.74. The van der Waals surface area contributed by atoms with Gasteiger partial charge in [-0.25, -0.2) is 22.0 Å². The van der Waals surface area contributed by atoms with Crippen molar-refractivity contribution in [3.63, 3.8) is 0 Å². The Kier molecular flexibility index (Phi) is 9.06. The predicted octanol–water partition coefficient (Wildman–Crippen LogP) is 3.77. The van der Waals surface area contributed by atoms with E-state index in [9.17, 15) is 27.2 Å². The van der Waals surface area contributed by atoms with E-state index >= 15 is 4.39 Å². The number of rotatable bonds is 6. The van der Waals surface area contributed by atoms with E-state index in [0.717, 1.165) is 16.8 Å². The first kappa shape index (κ1) is 31.8. The Balaban J connectivity index is 2.01. The number of likely N-dealkylation sites (tertiary alicyclic amines) is 1. The number of ether oxygens (including phenoxy) is 2. The maximum absolute atomic E-state index is 15.9. The number of hydrogen-bond acceptors (Lipinski definition) is 7. The van der Waals surface area contributed by atoms with E-state index in [1.165, 1.54) is 31.0 Å². The summed E-state index contributed by atoms with van der Waals surface area (Å²) in [5, 5.41) is 2.48. The Labute approximate surface area is 239 Å². The Morgan fingerprint density at radius 1 is 1.02 bits per heavy atom. The molecule has 2 atom stereocenters. The molecule has 2 heterocycles. The highest BCUT2D eigenvalue weighted by Crippen LogP contribution is 2.34. The summed E-state index contributed by atoms with van der Waals surface area (Å²) >= 11 is 0. The molecule has 1 N–H and O–H groups in total. The maximum atomic E-state index is 15.9. The van der Waals surface area contributed by atoms with Gasteiger partial charge in [0.2, 0.25) is 10.9 Å². The Bertz CT molecular complexity index is 1420. The van der Waals surface area contributed by atoms with Crippen molar-refractivity contribution in [2.75, 3.05) is 22.7 Å². The molecule has 0 radical (unpaired) electrons. The zero-order chi connectivity index (χ0) is 31.0. The lowest BCUT2D eigenvalue weighted by Crippen LogP contribution is -2.45. The maximum Gasteiger partial charge on any atom is 0.410 e. The number of aromatic nitrogens is 1. The molecule has 11 nitrogen and oxygen atoms in total. The van der Waals surface area contributed by atoms with E-state index in [4.69, 9.17) is 9.47 Å². The van der Waals surface area contributed by atoms with Gasteiger partial charge in [0.05, 0.1) is 12.0 Å². The van der Waals surface area contributed by atoms with Gasteiger partial charge in [0.25, 0.3) is 5.91 Å². The van der Waals surface area contributed by atoms with Crippen LogP contribution in [-0.2, 0) is 32.2 Å². The second-order valence-electron chi connectivity index (χ2n) is 11.9. The molecule has 0 aliphatic carbocycles. The second kappa shape index (κ2) is 11.7. The highest BCUT2D eigenvalue weighted by Gasteiger charge is 2.47. The van der Waals surface area contributed by atoms with Gasteiger partial charge in [0, 0.05) is 32.0 Å². The lowest BCUT2D eigenvalue weighted by molar-refractivity contribution is -0.159. The number of halogens is 2. The molecule has 0 unspecified atom stereocenters. The summed E-state index contributed by atoms with van der Waals surface area (Å²) in [6.45, 7) is 10.8. The molecule has 1 saturated heterocycles. The number of thiol groups is 1. The summed E-state index contributed by atoms with van der Waals surface area (Å²) < 4.78 is 67.4. The van der Waals surface area contributed by atoms with Crippen LogP contribution < -0.4 is 9.62 Å². The van der Waals surface area contributed by atoms with E-state index in [1.54, 1.807) is 41.5 Å². The van der Waals surface area contributed by atoms with Gasteiger partial charge in [-0.05, 0) is 72.2 Å². The number of benzene rings is 1. The van der Waals surface area contributed by atoms with Gasteiger partial charge in [0.15, 0.2) is 5.82 Å². The van der Waals surface area contributed by atoms with Crippen LogP contribution in [-0.4, -0.2) is 66.2 Å². The fourth-order valence-corrected chi connectivity index (χ4v) is 5.21. The van der Waals surface area contributed by atoms with Crippen molar-refractivity contribution in [3.05, 3.63) is 47.3 Å². The molecule has 1 aliphatic heterocycles. The van der Waals surface area contributed by atoms with Crippen molar-refractivity contribution in [1.29, 1.82) is 0 Å². The lowest BCUT2D eigenvalue weighted by atomic mass is 10.0. The minimum Gasteiger partial charge on any atom is -0.460 e. The quantitative estimate of drug-likeness (QED) is 0.383. The largest absolute Gasteiger partial charge is 0.460 e. The van der Waals surface area contributed by atoms with Crippen molar-refractivity contribution in [3.8, 4) is 0 Å². The standard InChI is InChI=1S/C27H36F2N4O7S/c1-15-11-16(9-10-18(15)28)30-23(34)22-21(29)20(13-31(22)8)33(41(37)38)19-14-32(25(36)40-27(5,6)7)12-17(19)24(35)39-26(2,3)4/h9-11,13,17,19,41H,12,14H2,1-8H3,(H,30,34)/t17-,19-/m0/s1. The predicted molar refractivity (Wildman–Crippen MR) is 148 cm³/mol. The first-order valence-electron chi connectivity index (χ1n) is 12.9. The van der Waals surface area contributed by atoms with Gasteiger partial charge in [-0.1, -0.05) is 0 Å². The van der Waals surface area contributed by atoms with Crippen LogP contribution in [0.1, 0.15) is 57.6 Å². The normalized spacial score (nSPS) is 17.5. The monoisotopic (exact) mass is 598 g/mol. The molecule has 1 aliphatic rings. The van der Waals surface area contributed by atoms with Gasteiger partial charge >= 0.3 is 12.1 Å². The topological polar surface area (TPSA) is 127 Å². The molecule has 1 fully saturated rings. The van der Waals surface area contributed by atoms with Crippen molar-refractivity contribution < 1.29 is 41.1 Å². The number of carbonyl (C=O) groups is 3. The van der Waals surface area contributed by atoms with Crippen LogP contribution in [0.4, 0.5) is 25.0 Å². The minimum absolute atomic E-state index is 0.205. The summed E-state index contributed by atoms with van der Waals surface area (Å²) in [7, 11) is -2.22. The van der Waals surface area contributed by atoms with Gasteiger partial charge in [-0.15, -0.1) is 0 Å². The van der Waals surface area contributed by atoms with Gasteiger partial charge in [-0.2, -0.15) is 0 Å². The van der Waals surface area contributed by atoms with Crippen LogP contribution in [0.3, 0.4) is 0 Å². The van der Waals surface area contributed by atoms with Crippen LogP contribution >= 0.6 is 0 Å². The molecule has 2 aromatic rings. The fourth-order valence-electron chi connectivity index (χ4n) is 4.42. The van der Waals surface area contributed by atoms with Gasteiger partial charge in [-0.3, -0.25) is 13.9 Å². The number of hydrogen-bond donors (Lipinski definition) is 2. The molecule has 3 rings (SSSR count). The summed E-state index contributed by atoms with van der Waals surface area (Å²) in [6, 6.07) is 2.56. The SMILES string of the molecule is Cc1cc(NC(=O)c2c(F)c(N([C@H]3CN(C(=O)OC(C)(C)C)C[C@@H]3C(=O)OC(C)(C)C)[SH](=O)=O)cn2C)ccc1F. The molecule has 226 valence electrons. The van der Waals surface area contributed by atoms with Gasteiger partial charge < -0.3 is 24.3 Å². The van der Waals surface area contributed by atoms with E-state index in [2.05, 4.69) is 5.32 Å². The molecule has 41 heavy (non-hydrogen) atoms. The number of esters is 1. The van der Waals surface area contributed by atoms with Crippen LogP contribution in [0, 0.1) is 24.5 Å². The molecule has 1 aromatic heterocycles. The molecular formula is C27H36F2N4O7S. The zero-order valence-corrected chi connectivity index (χ0v) is 25.2. The number of aryl methyl sites for hydroxylation is 2. The lowest BCUT2D eigenvalue weighted by Gasteiger charge is -2.29.